The highest BCUT2D eigenvalue weighted by Gasteiger charge is 2.27. The number of thiophene rings is 1. The standard InChI is InChI=1S/C17H21ClN2O2S2/c18-17-9-8-15(23-17)13-19-12-14-6-2-3-7-16(14)24(21,22)20-10-4-1-5-11-20/h2-3,6-9,19H,1,4-5,10-13H2. The Kier molecular flexibility index (Phi) is 5.94. The van der Waals surface area contributed by atoms with Crippen molar-refractivity contribution in [3.63, 3.8) is 0 Å². The van der Waals surface area contributed by atoms with Gasteiger partial charge in [0.15, 0.2) is 0 Å². The summed E-state index contributed by atoms with van der Waals surface area (Å²) in [6.45, 7) is 2.43. The van der Waals surface area contributed by atoms with Gasteiger partial charge in [0.25, 0.3) is 0 Å². The Morgan fingerprint density at radius 3 is 2.50 bits per heavy atom. The molecule has 4 nitrogen and oxygen atoms in total. The van der Waals surface area contributed by atoms with Crippen LogP contribution in [0.25, 0.3) is 0 Å². The van der Waals surface area contributed by atoms with E-state index in [0.717, 1.165) is 34.0 Å². The van der Waals surface area contributed by atoms with Crippen LogP contribution in [-0.4, -0.2) is 25.8 Å². The van der Waals surface area contributed by atoms with Gasteiger partial charge in [-0.3, -0.25) is 0 Å². The Hall–Kier alpha value is -0.920. The van der Waals surface area contributed by atoms with Gasteiger partial charge in [0.2, 0.25) is 10.0 Å². The highest BCUT2D eigenvalue weighted by Crippen LogP contribution is 2.24. The van der Waals surface area contributed by atoms with Crippen molar-refractivity contribution in [1.82, 2.24) is 9.62 Å². The number of halogens is 1. The maximum atomic E-state index is 12.9. The maximum Gasteiger partial charge on any atom is 0.243 e. The van der Waals surface area contributed by atoms with Gasteiger partial charge in [0.05, 0.1) is 9.23 Å². The zero-order valence-corrected chi connectivity index (χ0v) is 15.8. The van der Waals surface area contributed by atoms with Crippen LogP contribution in [0.3, 0.4) is 0 Å². The second-order valence-corrected chi connectivity index (χ2v) is 9.59. The van der Waals surface area contributed by atoms with Gasteiger partial charge in [-0.1, -0.05) is 36.2 Å². The lowest BCUT2D eigenvalue weighted by molar-refractivity contribution is 0.346. The van der Waals surface area contributed by atoms with Gasteiger partial charge in [-0.25, -0.2) is 8.42 Å². The molecular formula is C17H21ClN2O2S2. The Morgan fingerprint density at radius 1 is 1.04 bits per heavy atom. The molecule has 0 radical (unpaired) electrons. The topological polar surface area (TPSA) is 49.4 Å². The van der Waals surface area contributed by atoms with Gasteiger partial charge < -0.3 is 5.32 Å². The second-order valence-electron chi connectivity index (χ2n) is 5.88. The zero-order chi connectivity index (χ0) is 17.0. The Balaban J connectivity index is 1.72. The van der Waals surface area contributed by atoms with Crippen LogP contribution in [0, 0.1) is 0 Å². The number of rotatable bonds is 6. The zero-order valence-electron chi connectivity index (χ0n) is 13.4. The van der Waals surface area contributed by atoms with Crippen LogP contribution < -0.4 is 5.32 Å². The molecule has 1 fully saturated rings. The van der Waals surface area contributed by atoms with E-state index in [-0.39, 0.29) is 0 Å². The van der Waals surface area contributed by atoms with E-state index in [9.17, 15) is 8.42 Å². The fraction of sp³-hybridized carbons (Fsp3) is 0.412. The summed E-state index contributed by atoms with van der Waals surface area (Å²) in [6.07, 6.45) is 3.00. The summed E-state index contributed by atoms with van der Waals surface area (Å²) >= 11 is 7.47. The molecule has 1 N–H and O–H groups in total. The van der Waals surface area contributed by atoms with Crippen molar-refractivity contribution in [2.24, 2.45) is 0 Å². The lowest BCUT2D eigenvalue weighted by atomic mass is 10.2. The second kappa shape index (κ2) is 7.97. The summed E-state index contributed by atoms with van der Waals surface area (Å²) in [5, 5.41) is 3.32. The van der Waals surface area contributed by atoms with Gasteiger partial charge in [0, 0.05) is 31.1 Å². The third kappa shape index (κ3) is 4.18. The molecule has 0 saturated carbocycles. The summed E-state index contributed by atoms with van der Waals surface area (Å²) in [5.74, 6) is 0. The van der Waals surface area contributed by atoms with E-state index in [0.29, 0.717) is 31.1 Å². The fourth-order valence-corrected chi connectivity index (χ4v) is 5.71. The normalized spacial score (nSPS) is 16.4. The van der Waals surface area contributed by atoms with Crippen LogP contribution in [0.2, 0.25) is 4.34 Å². The smallest absolute Gasteiger partial charge is 0.243 e. The monoisotopic (exact) mass is 384 g/mol. The molecule has 1 aliphatic rings. The molecule has 0 atom stereocenters. The molecule has 0 amide bonds. The number of sulfonamides is 1. The van der Waals surface area contributed by atoms with E-state index in [1.807, 2.05) is 24.3 Å². The fourth-order valence-electron chi connectivity index (χ4n) is 2.91. The molecule has 0 unspecified atom stereocenters. The van der Waals surface area contributed by atoms with Gasteiger partial charge >= 0.3 is 0 Å². The van der Waals surface area contributed by atoms with Gasteiger partial charge in [-0.05, 0) is 36.6 Å². The van der Waals surface area contributed by atoms with Crippen LogP contribution in [0.4, 0.5) is 0 Å². The van der Waals surface area contributed by atoms with Crippen LogP contribution in [0.5, 0.6) is 0 Å². The summed E-state index contributed by atoms with van der Waals surface area (Å²) < 4.78 is 28.2. The maximum absolute atomic E-state index is 12.9. The number of benzene rings is 1. The first kappa shape index (κ1) is 17.9. The quantitative estimate of drug-likeness (QED) is 0.822. The van der Waals surface area contributed by atoms with E-state index in [4.69, 9.17) is 11.6 Å². The van der Waals surface area contributed by atoms with Crippen LogP contribution in [0.1, 0.15) is 29.7 Å². The number of hydrogen-bond acceptors (Lipinski definition) is 4. The summed E-state index contributed by atoms with van der Waals surface area (Å²) in [6, 6.07) is 11.1. The highest BCUT2D eigenvalue weighted by atomic mass is 35.5. The number of piperidine rings is 1. The molecule has 24 heavy (non-hydrogen) atoms. The number of nitrogens with one attached hydrogen (secondary N) is 1. The molecule has 2 heterocycles. The van der Waals surface area contributed by atoms with Crippen LogP contribution in [-0.2, 0) is 23.1 Å². The molecule has 1 aliphatic heterocycles. The molecule has 7 heteroatoms. The lowest BCUT2D eigenvalue weighted by Crippen LogP contribution is -2.36. The van der Waals surface area contributed by atoms with Crippen molar-refractivity contribution in [2.45, 2.75) is 37.2 Å². The van der Waals surface area contributed by atoms with Crippen molar-refractivity contribution in [3.05, 3.63) is 51.2 Å². The predicted octanol–water partition coefficient (Wildman–Crippen LogP) is 3.87. The number of nitrogens with zero attached hydrogens (tertiary/aromatic N) is 1. The molecular weight excluding hydrogens is 364 g/mol. The van der Waals surface area contributed by atoms with E-state index >= 15 is 0 Å². The third-order valence-electron chi connectivity index (χ3n) is 4.15. The Bertz CT molecular complexity index is 783. The molecule has 1 aromatic carbocycles. The SMILES string of the molecule is O=S(=O)(c1ccccc1CNCc1ccc(Cl)s1)N1CCCCC1. The number of hydrogen-bond donors (Lipinski definition) is 1. The molecule has 0 aliphatic carbocycles. The molecule has 1 aromatic heterocycles. The van der Waals surface area contributed by atoms with Crippen molar-refractivity contribution in [2.75, 3.05) is 13.1 Å². The van der Waals surface area contributed by atoms with Gasteiger partial charge in [0.1, 0.15) is 0 Å². The Labute approximate surface area is 152 Å². The predicted molar refractivity (Wildman–Crippen MR) is 98.9 cm³/mol. The summed E-state index contributed by atoms with van der Waals surface area (Å²) in [4.78, 5) is 1.56. The van der Waals surface area contributed by atoms with E-state index in [1.54, 1.807) is 16.4 Å². The van der Waals surface area contributed by atoms with Crippen molar-refractivity contribution in [1.29, 1.82) is 0 Å². The van der Waals surface area contributed by atoms with Gasteiger partial charge in [-0.2, -0.15) is 4.31 Å². The first-order valence-corrected chi connectivity index (χ1v) is 10.7. The minimum absolute atomic E-state index is 0.420. The molecule has 1 saturated heterocycles. The average molecular weight is 385 g/mol. The molecule has 3 rings (SSSR count). The first-order chi connectivity index (χ1) is 11.6. The largest absolute Gasteiger partial charge is 0.308 e. The summed E-state index contributed by atoms with van der Waals surface area (Å²) in [5.41, 5.74) is 0.811. The molecule has 2 aromatic rings. The van der Waals surface area contributed by atoms with Crippen molar-refractivity contribution in [3.8, 4) is 0 Å². The van der Waals surface area contributed by atoms with E-state index in [2.05, 4.69) is 5.32 Å². The average Bonchev–Trinajstić information content (AvgIpc) is 3.01. The molecule has 130 valence electrons. The van der Waals surface area contributed by atoms with Gasteiger partial charge in [-0.15, -0.1) is 11.3 Å². The van der Waals surface area contributed by atoms with Crippen molar-refractivity contribution >= 4 is 33.0 Å². The first-order valence-electron chi connectivity index (χ1n) is 8.10. The third-order valence-corrected chi connectivity index (χ3v) is 7.38. The van der Waals surface area contributed by atoms with E-state index in [1.165, 1.54) is 11.3 Å². The minimum atomic E-state index is -3.41. The highest BCUT2D eigenvalue weighted by molar-refractivity contribution is 7.89. The van der Waals surface area contributed by atoms with E-state index < -0.39 is 10.0 Å². The lowest BCUT2D eigenvalue weighted by Gasteiger charge is -2.26. The summed E-state index contributed by atoms with van der Waals surface area (Å²) in [7, 11) is -3.41. The van der Waals surface area contributed by atoms with Crippen LogP contribution >= 0.6 is 22.9 Å². The molecule has 0 spiro atoms. The van der Waals surface area contributed by atoms with Crippen molar-refractivity contribution < 1.29 is 8.42 Å². The molecule has 0 bridgehead atoms. The minimum Gasteiger partial charge on any atom is -0.308 e. The van der Waals surface area contributed by atoms with Crippen LogP contribution in [0.15, 0.2) is 41.3 Å². The Morgan fingerprint density at radius 2 is 1.79 bits per heavy atom.